The van der Waals surface area contributed by atoms with E-state index in [1.165, 1.54) is 63.6 Å². The Kier molecular flexibility index (Phi) is 11.4. The zero-order chi connectivity index (χ0) is 30.8. The van der Waals surface area contributed by atoms with E-state index in [0.29, 0.717) is 18.6 Å². The zero-order valence-electron chi connectivity index (χ0n) is 27.0. The smallest absolute Gasteiger partial charge is 0.330 e. The van der Waals surface area contributed by atoms with E-state index in [4.69, 9.17) is 9.72 Å². The predicted molar refractivity (Wildman–Crippen MR) is 174 cm³/mol. The van der Waals surface area contributed by atoms with Crippen LogP contribution in [0.4, 0.5) is 0 Å². The van der Waals surface area contributed by atoms with Crippen LogP contribution in [0.5, 0.6) is 0 Å². The van der Waals surface area contributed by atoms with Gasteiger partial charge in [0.15, 0.2) is 0 Å². The quantitative estimate of drug-likeness (QED) is 0.189. The third-order valence-corrected chi connectivity index (χ3v) is 9.08. The van der Waals surface area contributed by atoms with Crippen molar-refractivity contribution in [3.63, 3.8) is 0 Å². The Balaban J connectivity index is 1.15. The number of likely N-dealkylation sites (tertiary alicyclic amines) is 2. The third kappa shape index (κ3) is 9.36. The van der Waals surface area contributed by atoms with Gasteiger partial charge in [0.05, 0.1) is 19.7 Å². The molecule has 3 aromatic rings. The molecule has 5 rings (SSSR count). The number of hydrogen-bond acceptors (Lipinski definition) is 7. The van der Waals surface area contributed by atoms with Gasteiger partial charge in [0.25, 0.3) is 0 Å². The number of aromatic nitrogens is 4. The van der Waals surface area contributed by atoms with Crippen LogP contribution in [0, 0.1) is 11.3 Å². The van der Waals surface area contributed by atoms with Crippen molar-refractivity contribution < 1.29 is 9.53 Å². The highest BCUT2D eigenvalue weighted by molar-refractivity contribution is 5.87. The summed E-state index contributed by atoms with van der Waals surface area (Å²) in [4.78, 5) is 32.0. The number of rotatable bonds is 15. The SMILES string of the molecule is CCOC(=O)/C=C/c1cccc(CN(Cc2ncc[nH]2)Cc2nccn2CCCN2CCC3(CCN(CC(C)C)CC3)C2)c1. The monoisotopic (exact) mass is 601 g/mol. The Morgan fingerprint density at radius 1 is 1.07 bits per heavy atom. The van der Waals surface area contributed by atoms with Gasteiger partial charge in [-0.3, -0.25) is 4.90 Å². The van der Waals surface area contributed by atoms with Crippen molar-refractivity contribution >= 4 is 12.0 Å². The lowest BCUT2D eigenvalue weighted by molar-refractivity contribution is -0.137. The number of carbonyl (C=O) groups excluding carboxylic acids is 1. The summed E-state index contributed by atoms with van der Waals surface area (Å²) in [7, 11) is 0. The Labute approximate surface area is 263 Å². The van der Waals surface area contributed by atoms with Gasteiger partial charge < -0.3 is 24.1 Å². The number of piperidine rings is 1. The Hall–Kier alpha value is -3.27. The van der Waals surface area contributed by atoms with Crippen LogP contribution in [0.1, 0.15) is 69.2 Å². The fraction of sp³-hybridized carbons (Fsp3) is 0.571. The molecule has 0 saturated carbocycles. The van der Waals surface area contributed by atoms with E-state index in [0.717, 1.165) is 55.7 Å². The van der Waals surface area contributed by atoms with E-state index >= 15 is 0 Å². The number of aryl methyl sites for hydroxylation is 1. The first-order valence-electron chi connectivity index (χ1n) is 16.5. The predicted octanol–water partition coefficient (Wildman–Crippen LogP) is 5.22. The maximum absolute atomic E-state index is 11.8. The van der Waals surface area contributed by atoms with Crippen LogP contribution in [0.25, 0.3) is 6.08 Å². The van der Waals surface area contributed by atoms with Crippen molar-refractivity contribution in [2.45, 2.75) is 72.6 Å². The average Bonchev–Trinajstić information content (AvgIpc) is 3.77. The lowest BCUT2D eigenvalue weighted by Crippen LogP contribution is -2.42. The summed E-state index contributed by atoms with van der Waals surface area (Å²) in [6.45, 7) is 17.4. The Morgan fingerprint density at radius 3 is 2.64 bits per heavy atom. The molecule has 0 radical (unpaired) electrons. The number of hydrogen-bond donors (Lipinski definition) is 1. The van der Waals surface area contributed by atoms with Gasteiger partial charge in [-0.2, -0.15) is 0 Å². The van der Waals surface area contributed by atoms with Gasteiger partial charge in [-0.05, 0) is 87.3 Å². The third-order valence-electron chi connectivity index (χ3n) is 9.08. The molecule has 2 aliphatic heterocycles. The molecule has 238 valence electrons. The largest absolute Gasteiger partial charge is 0.463 e. The van der Waals surface area contributed by atoms with Crippen molar-refractivity contribution in [3.05, 3.63) is 77.9 Å². The lowest BCUT2D eigenvalue weighted by atomic mass is 9.77. The fourth-order valence-corrected chi connectivity index (χ4v) is 6.88. The minimum atomic E-state index is -0.323. The summed E-state index contributed by atoms with van der Waals surface area (Å²) in [6.07, 6.45) is 16.2. The van der Waals surface area contributed by atoms with Crippen molar-refractivity contribution in [2.75, 3.05) is 45.9 Å². The van der Waals surface area contributed by atoms with E-state index in [-0.39, 0.29) is 5.97 Å². The molecule has 4 heterocycles. The molecule has 2 aromatic heterocycles. The van der Waals surface area contributed by atoms with Gasteiger partial charge in [-0.15, -0.1) is 0 Å². The highest BCUT2D eigenvalue weighted by atomic mass is 16.5. The van der Waals surface area contributed by atoms with Gasteiger partial charge in [-0.1, -0.05) is 38.1 Å². The molecule has 0 amide bonds. The fourth-order valence-electron chi connectivity index (χ4n) is 6.88. The number of aromatic amines is 1. The van der Waals surface area contributed by atoms with Crippen LogP contribution in [0.15, 0.2) is 55.1 Å². The molecule has 0 unspecified atom stereocenters. The van der Waals surface area contributed by atoms with Gasteiger partial charge in [-0.25, -0.2) is 14.8 Å². The van der Waals surface area contributed by atoms with Crippen LogP contribution in [-0.4, -0.2) is 86.1 Å². The summed E-state index contributed by atoms with van der Waals surface area (Å²) in [5, 5.41) is 0. The highest BCUT2D eigenvalue weighted by Crippen LogP contribution is 2.40. The first-order valence-corrected chi connectivity index (χ1v) is 16.5. The molecule has 9 nitrogen and oxygen atoms in total. The standard InChI is InChI=1S/C35H51N7O2/c1-4-44-34(43)10-9-30-7-5-8-31(23-30)25-41(26-32-36-14-15-37-32)27-33-38-16-22-42(33)18-6-17-40-21-13-35(28-40)11-19-39(20-12-35)24-29(2)3/h5,7-10,14-16,22-23,29H,4,6,11-13,17-21,24-28H2,1-3H3,(H,36,37)/b10-9+. The summed E-state index contributed by atoms with van der Waals surface area (Å²) in [6, 6.07) is 8.28. The lowest BCUT2D eigenvalue weighted by Gasteiger charge is -2.40. The van der Waals surface area contributed by atoms with Gasteiger partial charge in [0.2, 0.25) is 0 Å². The minimum absolute atomic E-state index is 0.323. The highest BCUT2D eigenvalue weighted by Gasteiger charge is 2.40. The second-order valence-corrected chi connectivity index (χ2v) is 13.1. The van der Waals surface area contributed by atoms with Gasteiger partial charge in [0.1, 0.15) is 11.6 Å². The molecule has 9 heteroatoms. The number of H-pyrrole nitrogens is 1. The number of carbonyl (C=O) groups is 1. The van der Waals surface area contributed by atoms with E-state index in [9.17, 15) is 4.79 Å². The van der Waals surface area contributed by atoms with Gasteiger partial charge in [0, 0.05) is 57.0 Å². The average molecular weight is 602 g/mol. The maximum atomic E-state index is 11.8. The first kappa shape index (κ1) is 32.1. The van der Waals surface area contributed by atoms with Crippen LogP contribution < -0.4 is 0 Å². The van der Waals surface area contributed by atoms with Gasteiger partial charge >= 0.3 is 5.97 Å². The molecular formula is C35H51N7O2. The molecule has 44 heavy (non-hydrogen) atoms. The Morgan fingerprint density at radius 2 is 1.89 bits per heavy atom. The first-order chi connectivity index (χ1) is 21.4. The molecule has 1 N–H and O–H groups in total. The Bertz CT molecular complexity index is 1320. The van der Waals surface area contributed by atoms with E-state index in [1.807, 2.05) is 37.5 Å². The molecule has 2 fully saturated rings. The summed E-state index contributed by atoms with van der Waals surface area (Å²) >= 11 is 0. The summed E-state index contributed by atoms with van der Waals surface area (Å²) in [5.41, 5.74) is 2.69. The summed E-state index contributed by atoms with van der Waals surface area (Å²) < 4.78 is 7.35. The topological polar surface area (TPSA) is 82.5 Å². The maximum Gasteiger partial charge on any atom is 0.330 e. The van der Waals surface area contributed by atoms with Crippen LogP contribution in [-0.2, 0) is 35.7 Å². The molecule has 2 saturated heterocycles. The molecule has 2 aliphatic rings. The van der Waals surface area contributed by atoms with Crippen LogP contribution in [0.3, 0.4) is 0 Å². The van der Waals surface area contributed by atoms with E-state index in [2.05, 4.69) is 61.4 Å². The summed E-state index contributed by atoms with van der Waals surface area (Å²) in [5.74, 6) is 2.44. The molecule has 1 aromatic carbocycles. The molecule has 1 spiro atoms. The number of nitrogens with one attached hydrogen (secondary N) is 1. The number of imidazole rings is 2. The zero-order valence-corrected chi connectivity index (χ0v) is 27.0. The normalized spacial score (nSPS) is 17.5. The van der Waals surface area contributed by atoms with E-state index < -0.39 is 0 Å². The molecular weight excluding hydrogens is 550 g/mol. The van der Waals surface area contributed by atoms with Crippen molar-refractivity contribution in [2.24, 2.45) is 11.3 Å². The number of esters is 1. The van der Waals surface area contributed by atoms with E-state index in [1.54, 1.807) is 6.20 Å². The molecule has 0 aliphatic carbocycles. The second-order valence-electron chi connectivity index (χ2n) is 13.1. The number of ether oxygens (including phenoxy) is 1. The molecule has 0 atom stereocenters. The van der Waals surface area contributed by atoms with Crippen LogP contribution >= 0.6 is 0 Å². The van der Waals surface area contributed by atoms with Crippen molar-refractivity contribution in [1.29, 1.82) is 0 Å². The van der Waals surface area contributed by atoms with Crippen molar-refractivity contribution in [3.8, 4) is 0 Å². The molecule has 0 bridgehead atoms. The number of nitrogens with zero attached hydrogens (tertiary/aromatic N) is 6. The minimum Gasteiger partial charge on any atom is -0.463 e. The second kappa shape index (κ2) is 15.6. The number of benzene rings is 1. The van der Waals surface area contributed by atoms with Crippen LogP contribution in [0.2, 0.25) is 0 Å². The van der Waals surface area contributed by atoms with Crippen molar-refractivity contribution in [1.82, 2.24) is 34.2 Å².